The Morgan fingerprint density at radius 3 is 2.39 bits per heavy atom. The predicted molar refractivity (Wildman–Crippen MR) is 109 cm³/mol. The molecular weight excluding hydrogens is 354 g/mol. The molecule has 6 nitrogen and oxygen atoms in total. The molecule has 1 saturated carbocycles. The summed E-state index contributed by atoms with van der Waals surface area (Å²) in [4.78, 5) is 37.6. The van der Waals surface area contributed by atoms with E-state index in [4.69, 9.17) is 0 Å². The number of H-pyrrole nitrogens is 1. The van der Waals surface area contributed by atoms with Gasteiger partial charge in [0, 0.05) is 12.3 Å². The Morgan fingerprint density at radius 2 is 1.79 bits per heavy atom. The van der Waals surface area contributed by atoms with Crippen molar-refractivity contribution in [1.29, 1.82) is 0 Å². The van der Waals surface area contributed by atoms with Crippen molar-refractivity contribution < 1.29 is 4.79 Å². The van der Waals surface area contributed by atoms with Crippen LogP contribution in [0.25, 0.3) is 0 Å². The maximum atomic E-state index is 12.5. The lowest BCUT2D eigenvalue weighted by atomic mass is 9.83. The van der Waals surface area contributed by atoms with Crippen molar-refractivity contribution in [2.75, 3.05) is 0 Å². The highest BCUT2D eigenvalue weighted by Crippen LogP contribution is 2.33. The number of carbonyl (C=O) groups excluding carboxylic acids is 1. The first-order valence-corrected chi connectivity index (χ1v) is 10.1. The molecule has 1 aliphatic carbocycles. The lowest BCUT2D eigenvalue weighted by Crippen LogP contribution is -2.38. The van der Waals surface area contributed by atoms with Gasteiger partial charge in [-0.3, -0.25) is 19.1 Å². The largest absolute Gasteiger partial charge is 0.347 e. The fourth-order valence-corrected chi connectivity index (χ4v) is 3.99. The highest BCUT2D eigenvalue weighted by molar-refractivity contribution is 5.76. The molecule has 1 heterocycles. The number of carbonyl (C=O) groups is 1. The molecule has 1 atom stereocenters. The van der Waals surface area contributed by atoms with Gasteiger partial charge >= 0.3 is 5.69 Å². The van der Waals surface area contributed by atoms with E-state index in [0.717, 1.165) is 5.56 Å². The van der Waals surface area contributed by atoms with Crippen molar-refractivity contribution in [3.8, 4) is 0 Å². The van der Waals surface area contributed by atoms with E-state index in [2.05, 4.69) is 48.4 Å². The lowest BCUT2D eigenvalue weighted by molar-refractivity contribution is -0.122. The second-order valence-electron chi connectivity index (χ2n) is 8.03. The van der Waals surface area contributed by atoms with Gasteiger partial charge in [0.2, 0.25) is 5.91 Å². The number of aromatic nitrogens is 2. The van der Waals surface area contributed by atoms with E-state index >= 15 is 0 Å². The van der Waals surface area contributed by atoms with Gasteiger partial charge in [0.15, 0.2) is 0 Å². The number of nitrogens with zero attached hydrogens (tertiary/aromatic N) is 1. The maximum Gasteiger partial charge on any atom is 0.328 e. The summed E-state index contributed by atoms with van der Waals surface area (Å²) < 4.78 is 1.19. The second-order valence-corrected chi connectivity index (χ2v) is 8.03. The number of hydrogen-bond donors (Lipinski definition) is 2. The van der Waals surface area contributed by atoms with Crippen LogP contribution in [0.1, 0.15) is 69.0 Å². The number of amides is 1. The van der Waals surface area contributed by atoms with Crippen LogP contribution in [0.4, 0.5) is 0 Å². The molecule has 28 heavy (non-hydrogen) atoms. The number of aromatic amines is 1. The molecule has 0 radical (unpaired) electrons. The van der Waals surface area contributed by atoms with E-state index in [0.29, 0.717) is 5.92 Å². The zero-order chi connectivity index (χ0) is 20.1. The Labute approximate surface area is 165 Å². The molecule has 0 spiro atoms. The van der Waals surface area contributed by atoms with Gasteiger partial charge < -0.3 is 5.32 Å². The van der Waals surface area contributed by atoms with Crippen molar-refractivity contribution in [2.24, 2.45) is 5.92 Å². The van der Waals surface area contributed by atoms with Crippen molar-refractivity contribution in [3.05, 3.63) is 68.5 Å². The Bertz CT molecular complexity index is 906. The fourth-order valence-electron chi connectivity index (χ4n) is 3.99. The van der Waals surface area contributed by atoms with Crippen molar-refractivity contribution in [1.82, 2.24) is 14.9 Å². The monoisotopic (exact) mass is 383 g/mol. The zero-order valence-corrected chi connectivity index (χ0v) is 16.6. The minimum atomic E-state index is -0.583. The van der Waals surface area contributed by atoms with Crippen LogP contribution in [0, 0.1) is 5.92 Å². The number of benzene rings is 1. The molecule has 1 fully saturated rings. The van der Waals surface area contributed by atoms with Crippen LogP contribution in [0.15, 0.2) is 46.1 Å². The van der Waals surface area contributed by atoms with Gasteiger partial charge in [-0.25, -0.2) is 4.79 Å². The average molecular weight is 383 g/mol. The summed E-state index contributed by atoms with van der Waals surface area (Å²) in [5, 5.41) is 3.03. The molecule has 6 heteroatoms. The summed E-state index contributed by atoms with van der Waals surface area (Å²) in [5.74, 6) is 0.600. The molecule has 2 aromatic rings. The van der Waals surface area contributed by atoms with Gasteiger partial charge in [-0.05, 0) is 35.8 Å². The van der Waals surface area contributed by atoms with Crippen molar-refractivity contribution in [2.45, 2.75) is 64.5 Å². The Kier molecular flexibility index (Phi) is 6.49. The third-order valence-corrected chi connectivity index (χ3v) is 5.57. The summed E-state index contributed by atoms with van der Waals surface area (Å²) in [6, 6.07) is 9.71. The SMILES string of the molecule is CC(C)C(NC(=O)Cn1ccc(=O)[nH]c1=O)c1ccc(C2CCCCC2)cc1. The summed E-state index contributed by atoms with van der Waals surface area (Å²) in [7, 11) is 0. The first kappa shape index (κ1) is 20.1. The summed E-state index contributed by atoms with van der Waals surface area (Å²) in [6.45, 7) is 4.00. The van der Waals surface area contributed by atoms with Gasteiger partial charge in [0.05, 0.1) is 6.04 Å². The number of nitrogens with one attached hydrogen (secondary N) is 2. The van der Waals surface area contributed by atoms with E-state index in [1.807, 2.05) is 0 Å². The van der Waals surface area contributed by atoms with E-state index < -0.39 is 11.2 Å². The van der Waals surface area contributed by atoms with Crippen LogP contribution in [0.3, 0.4) is 0 Å². The maximum absolute atomic E-state index is 12.5. The molecule has 0 bridgehead atoms. The van der Waals surface area contributed by atoms with Crippen LogP contribution in [-0.2, 0) is 11.3 Å². The van der Waals surface area contributed by atoms with Gasteiger partial charge in [-0.2, -0.15) is 0 Å². The van der Waals surface area contributed by atoms with Crippen LogP contribution >= 0.6 is 0 Å². The molecule has 150 valence electrons. The molecule has 2 N–H and O–H groups in total. The van der Waals surface area contributed by atoms with Crippen LogP contribution in [0.5, 0.6) is 0 Å². The average Bonchev–Trinajstić information content (AvgIpc) is 2.69. The van der Waals surface area contributed by atoms with Gasteiger partial charge in [-0.1, -0.05) is 57.4 Å². The van der Waals surface area contributed by atoms with Crippen molar-refractivity contribution in [3.63, 3.8) is 0 Å². The smallest absolute Gasteiger partial charge is 0.328 e. The van der Waals surface area contributed by atoms with E-state index in [1.54, 1.807) is 0 Å². The lowest BCUT2D eigenvalue weighted by Gasteiger charge is -2.25. The molecule has 0 saturated heterocycles. The normalized spacial score (nSPS) is 16.1. The van der Waals surface area contributed by atoms with Gasteiger partial charge in [-0.15, -0.1) is 0 Å². The molecule has 1 aliphatic rings. The topological polar surface area (TPSA) is 84.0 Å². The Balaban J connectivity index is 1.69. The van der Waals surface area contributed by atoms with Gasteiger partial charge in [0.1, 0.15) is 6.54 Å². The molecule has 1 amide bonds. The number of rotatable bonds is 6. The van der Waals surface area contributed by atoms with E-state index in [1.165, 1.54) is 54.5 Å². The predicted octanol–water partition coefficient (Wildman–Crippen LogP) is 3.10. The van der Waals surface area contributed by atoms with Crippen LogP contribution in [0.2, 0.25) is 0 Å². The standard InChI is InChI=1S/C22H29N3O3/c1-15(2)21(23-20(27)14-25-13-12-19(26)24-22(25)28)18-10-8-17(9-11-18)16-6-4-3-5-7-16/h8-13,15-16,21H,3-7,14H2,1-2H3,(H,23,27)(H,24,26,28). The van der Waals surface area contributed by atoms with E-state index in [-0.39, 0.29) is 24.4 Å². The molecular formula is C22H29N3O3. The molecule has 3 rings (SSSR count). The van der Waals surface area contributed by atoms with E-state index in [9.17, 15) is 14.4 Å². The van der Waals surface area contributed by atoms with Crippen molar-refractivity contribution >= 4 is 5.91 Å². The molecule has 1 aromatic heterocycles. The highest BCUT2D eigenvalue weighted by Gasteiger charge is 2.20. The van der Waals surface area contributed by atoms with Crippen LogP contribution < -0.4 is 16.6 Å². The summed E-state index contributed by atoms with van der Waals surface area (Å²) in [5.41, 5.74) is 1.40. The first-order chi connectivity index (χ1) is 13.4. The molecule has 0 aliphatic heterocycles. The third-order valence-electron chi connectivity index (χ3n) is 5.57. The molecule has 1 unspecified atom stereocenters. The van der Waals surface area contributed by atoms with Crippen LogP contribution in [-0.4, -0.2) is 15.5 Å². The fraction of sp³-hybridized carbons (Fsp3) is 0.500. The zero-order valence-electron chi connectivity index (χ0n) is 16.6. The molecule has 1 aromatic carbocycles. The minimum Gasteiger partial charge on any atom is -0.347 e. The highest BCUT2D eigenvalue weighted by atomic mass is 16.2. The Hall–Kier alpha value is -2.63. The summed E-state index contributed by atoms with van der Waals surface area (Å²) in [6.07, 6.45) is 7.82. The third kappa shape index (κ3) is 5.00. The summed E-state index contributed by atoms with van der Waals surface area (Å²) >= 11 is 0. The van der Waals surface area contributed by atoms with Gasteiger partial charge in [0.25, 0.3) is 5.56 Å². The number of hydrogen-bond acceptors (Lipinski definition) is 3. The minimum absolute atomic E-state index is 0.126. The Morgan fingerprint density at radius 1 is 1.11 bits per heavy atom. The second kappa shape index (κ2) is 9.04. The first-order valence-electron chi connectivity index (χ1n) is 10.1. The quantitative estimate of drug-likeness (QED) is 0.804.